The summed E-state index contributed by atoms with van der Waals surface area (Å²) < 4.78 is 23.2. The number of nitrogens with one attached hydrogen (secondary N) is 1. The van der Waals surface area contributed by atoms with E-state index in [0.29, 0.717) is 41.9 Å². The van der Waals surface area contributed by atoms with Crippen LogP contribution < -0.4 is 15.7 Å². The molecule has 2 aliphatic rings. The zero-order valence-electron chi connectivity index (χ0n) is 21.0. The van der Waals surface area contributed by atoms with Crippen molar-refractivity contribution in [2.75, 3.05) is 6.61 Å². The summed E-state index contributed by atoms with van der Waals surface area (Å²) in [6.45, 7) is 2.64. The molecule has 8 nitrogen and oxygen atoms in total. The van der Waals surface area contributed by atoms with Gasteiger partial charge in [-0.25, -0.2) is 9.18 Å². The van der Waals surface area contributed by atoms with E-state index < -0.39 is 6.09 Å². The van der Waals surface area contributed by atoms with Crippen LogP contribution in [-0.2, 0) is 13.6 Å². The summed E-state index contributed by atoms with van der Waals surface area (Å²) >= 11 is 0. The number of ether oxygens (including phenoxy) is 1. The summed E-state index contributed by atoms with van der Waals surface area (Å²) in [5.74, 6) is 0.977. The Hall–Kier alpha value is -3.88. The van der Waals surface area contributed by atoms with Crippen LogP contribution in [0.2, 0.25) is 0 Å². The van der Waals surface area contributed by atoms with Gasteiger partial charge in [-0.2, -0.15) is 0 Å². The second kappa shape index (κ2) is 10.2. The normalized spacial score (nSPS) is 16.5. The van der Waals surface area contributed by atoms with Crippen LogP contribution in [0.25, 0.3) is 0 Å². The zero-order chi connectivity index (χ0) is 26.1. The molecule has 2 aromatic carbocycles. The predicted molar refractivity (Wildman–Crippen MR) is 135 cm³/mol. The Balaban J connectivity index is 1.43. The second-order valence-corrected chi connectivity index (χ2v) is 10.1. The van der Waals surface area contributed by atoms with Crippen LogP contribution >= 0.6 is 0 Å². The van der Waals surface area contributed by atoms with E-state index in [1.165, 1.54) is 6.07 Å². The molecule has 0 saturated heterocycles. The lowest BCUT2D eigenvalue weighted by atomic mass is 9.99. The number of aryl methyl sites for hydroxylation is 2. The molecule has 3 aromatic rings. The van der Waals surface area contributed by atoms with Gasteiger partial charge in [-0.05, 0) is 85.4 Å². The number of hydrogen-bond acceptors (Lipinski definition) is 3. The minimum absolute atomic E-state index is 0.198. The quantitative estimate of drug-likeness (QED) is 0.444. The Kier molecular flexibility index (Phi) is 6.86. The largest absolute Gasteiger partial charge is 0.493 e. The molecule has 9 heteroatoms. The van der Waals surface area contributed by atoms with Gasteiger partial charge in [0.15, 0.2) is 0 Å². The standard InChI is InChI=1S/C28H31FN4O4/c1-17-11-21(7-8-24(17)29)25(20-5-6-20)30-26(34)22-12-19(13-23(14-22)37-16-18-3-4-18)15-33-10-9-32(2)27(33)31-28(35)36/h7-14,18,20,25H,3-6,15-16H2,1-2H3,(H,30,34)(H,35,36)/b31-27+/t25-/m0/s1. The average Bonchev–Trinajstić information content (AvgIpc) is 3.79. The predicted octanol–water partition coefficient (Wildman–Crippen LogP) is 4.57. The first-order valence-corrected chi connectivity index (χ1v) is 12.6. The van der Waals surface area contributed by atoms with Gasteiger partial charge in [0, 0.05) is 25.0 Å². The molecule has 1 aromatic heterocycles. The molecule has 0 bridgehead atoms. The van der Waals surface area contributed by atoms with E-state index in [1.54, 1.807) is 59.8 Å². The topological polar surface area (TPSA) is 97.9 Å². The molecule has 2 fully saturated rings. The maximum absolute atomic E-state index is 13.9. The number of halogens is 1. The molecule has 5 rings (SSSR count). The Morgan fingerprint density at radius 3 is 2.62 bits per heavy atom. The highest BCUT2D eigenvalue weighted by Gasteiger charge is 2.34. The number of imidazole rings is 1. The van der Waals surface area contributed by atoms with E-state index in [2.05, 4.69) is 10.3 Å². The van der Waals surface area contributed by atoms with E-state index >= 15 is 0 Å². The highest BCUT2D eigenvalue weighted by molar-refractivity contribution is 5.95. The number of amides is 2. The van der Waals surface area contributed by atoms with Gasteiger partial charge < -0.3 is 24.3 Å². The Morgan fingerprint density at radius 1 is 1.16 bits per heavy atom. The summed E-state index contributed by atoms with van der Waals surface area (Å²) in [6.07, 6.45) is 6.52. The van der Waals surface area contributed by atoms with Crippen LogP contribution in [0.15, 0.2) is 53.8 Å². The monoisotopic (exact) mass is 506 g/mol. The van der Waals surface area contributed by atoms with Crippen molar-refractivity contribution in [2.24, 2.45) is 23.9 Å². The van der Waals surface area contributed by atoms with E-state index in [9.17, 15) is 14.0 Å². The number of benzene rings is 2. The maximum Gasteiger partial charge on any atom is 0.434 e. The van der Waals surface area contributed by atoms with Crippen molar-refractivity contribution >= 4 is 12.0 Å². The maximum atomic E-state index is 13.9. The lowest BCUT2D eigenvalue weighted by Crippen LogP contribution is -2.30. The van der Waals surface area contributed by atoms with Gasteiger partial charge in [0.1, 0.15) is 11.6 Å². The van der Waals surface area contributed by atoms with Crippen molar-refractivity contribution in [1.82, 2.24) is 14.5 Å². The first-order valence-electron chi connectivity index (χ1n) is 12.6. The number of aromatic nitrogens is 2. The zero-order valence-corrected chi connectivity index (χ0v) is 21.0. The summed E-state index contributed by atoms with van der Waals surface area (Å²) in [5.41, 5.74) is 2.98. The lowest BCUT2D eigenvalue weighted by Gasteiger charge is -2.20. The molecule has 0 aliphatic heterocycles. The molecular weight excluding hydrogens is 475 g/mol. The summed E-state index contributed by atoms with van der Waals surface area (Å²) in [4.78, 5) is 28.4. The van der Waals surface area contributed by atoms with Gasteiger partial charge in [0.25, 0.3) is 5.91 Å². The molecule has 37 heavy (non-hydrogen) atoms. The third-order valence-corrected chi connectivity index (χ3v) is 6.92. The number of nitrogens with zero attached hydrogens (tertiary/aromatic N) is 3. The van der Waals surface area contributed by atoms with Crippen LogP contribution in [0.3, 0.4) is 0 Å². The fraction of sp³-hybridized carbons (Fsp3) is 0.393. The average molecular weight is 507 g/mol. The third-order valence-electron chi connectivity index (χ3n) is 6.92. The first kappa shape index (κ1) is 24.8. The van der Waals surface area contributed by atoms with E-state index in [-0.39, 0.29) is 23.4 Å². The molecule has 1 atom stereocenters. The van der Waals surface area contributed by atoms with Crippen LogP contribution in [0.1, 0.15) is 58.8 Å². The van der Waals surface area contributed by atoms with Crippen LogP contribution in [0.4, 0.5) is 9.18 Å². The number of carboxylic acid groups (broad SMARTS) is 1. The summed E-state index contributed by atoms with van der Waals surface area (Å²) in [7, 11) is 1.72. The molecule has 2 saturated carbocycles. The Bertz CT molecular complexity index is 1400. The van der Waals surface area contributed by atoms with E-state index in [4.69, 9.17) is 9.84 Å². The van der Waals surface area contributed by atoms with Crippen LogP contribution in [0.5, 0.6) is 5.75 Å². The highest BCUT2D eigenvalue weighted by atomic mass is 19.1. The Labute approximate surface area is 214 Å². The van der Waals surface area contributed by atoms with Crippen molar-refractivity contribution in [3.63, 3.8) is 0 Å². The molecule has 194 valence electrons. The SMILES string of the molecule is Cc1cc([C@@H](NC(=O)c2cc(Cn3ccn(C)/c3=N\C(=O)O)cc(OCC3CC3)c2)C2CC2)ccc1F. The smallest absolute Gasteiger partial charge is 0.434 e. The van der Waals surface area contributed by atoms with Crippen molar-refractivity contribution in [2.45, 2.75) is 45.2 Å². The third kappa shape index (κ3) is 6.10. The minimum atomic E-state index is -1.28. The van der Waals surface area contributed by atoms with E-state index in [0.717, 1.165) is 36.8 Å². The van der Waals surface area contributed by atoms with Crippen molar-refractivity contribution < 1.29 is 23.8 Å². The van der Waals surface area contributed by atoms with Crippen molar-refractivity contribution in [3.05, 3.63) is 82.5 Å². The summed E-state index contributed by atoms with van der Waals surface area (Å²) in [6, 6.07) is 10.2. The fourth-order valence-corrected chi connectivity index (χ4v) is 4.52. The molecule has 0 unspecified atom stereocenters. The first-order chi connectivity index (χ1) is 17.8. The van der Waals surface area contributed by atoms with Crippen molar-refractivity contribution in [3.8, 4) is 5.75 Å². The molecule has 2 N–H and O–H groups in total. The van der Waals surface area contributed by atoms with Gasteiger partial charge in [0.05, 0.1) is 19.2 Å². The fourth-order valence-electron chi connectivity index (χ4n) is 4.52. The number of carbonyl (C=O) groups excluding carboxylic acids is 1. The van der Waals surface area contributed by atoms with Crippen molar-refractivity contribution in [1.29, 1.82) is 0 Å². The van der Waals surface area contributed by atoms with Gasteiger partial charge in [-0.15, -0.1) is 4.99 Å². The summed E-state index contributed by atoms with van der Waals surface area (Å²) in [5, 5.41) is 12.3. The molecule has 2 amide bonds. The highest BCUT2D eigenvalue weighted by Crippen LogP contribution is 2.41. The van der Waals surface area contributed by atoms with Crippen LogP contribution in [-0.4, -0.2) is 32.8 Å². The Morgan fingerprint density at radius 2 is 1.95 bits per heavy atom. The van der Waals surface area contributed by atoms with Gasteiger partial charge in [0.2, 0.25) is 5.62 Å². The molecular formula is C28H31FN4O4. The molecule has 1 heterocycles. The van der Waals surface area contributed by atoms with Gasteiger partial charge in [-0.1, -0.05) is 12.1 Å². The minimum Gasteiger partial charge on any atom is -0.493 e. The van der Waals surface area contributed by atoms with Gasteiger partial charge >= 0.3 is 6.09 Å². The lowest BCUT2D eigenvalue weighted by molar-refractivity contribution is 0.0931. The number of hydrogen-bond donors (Lipinski definition) is 2. The number of carbonyl (C=O) groups is 2. The molecule has 0 spiro atoms. The molecule has 0 radical (unpaired) electrons. The van der Waals surface area contributed by atoms with E-state index in [1.807, 2.05) is 6.07 Å². The number of rotatable bonds is 9. The second-order valence-electron chi connectivity index (χ2n) is 10.1. The van der Waals surface area contributed by atoms with Gasteiger partial charge in [-0.3, -0.25) is 4.79 Å². The molecule has 2 aliphatic carbocycles. The van der Waals surface area contributed by atoms with Crippen LogP contribution in [0, 0.1) is 24.6 Å².